The van der Waals surface area contributed by atoms with Crippen molar-refractivity contribution in [1.29, 1.82) is 0 Å². The van der Waals surface area contributed by atoms with Crippen LogP contribution in [0, 0.1) is 5.82 Å². The van der Waals surface area contributed by atoms with Gasteiger partial charge in [-0.3, -0.25) is 30.1 Å². The number of fused-ring (bicyclic) bond motifs is 1. The molecule has 0 saturated carbocycles. The van der Waals surface area contributed by atoms with Crippen molar-refractivity contribution in [3.05, 3.63) is 77.6 Å². The molecule has 0 aromatic heterocycles. The van der Waals surface area contributed by atoms with Gasteiger partial charge in [-0.25, -0.2) is 4.39 Å². The van der Waals surface area contributed by atoms with Crippen LogP contribution >= 0.6 is 0 Å². The van der Waals surface area contributed by atoms with Crippen molar-refractivity contribution in [3.8, 4) is 0 Å². The SMILES string of the molecule is C=C1c2ccccc2C(=O)N1[C@@H](C)C(=O)NNC(=O)c1ccccc1F. The zero-order valence-electron chi connectivity index (χ0n) is 14.0. The van der Waals surface area contributed by atoms with Crippen molar-refractivity contribution in [3.63, 3.8) is 0 Å². The average Bonchev–Trinajstić information content (AvgIpc) is 2.90. The molecular weight excluding hydrogens is 337 g/mol. The van der Waals surface area contributed by atoms with Crippen LogP contribution in [0.4, 0.5) is 4.39 Å². The normalized spacial score (nSPS) is 14.0. The molecule has 2 aromatic rings. The summed E-state index contributed by atoms with van der Waals surface area (Å²) >= 11 is 0. The number of nitrogens with one attached hydrogen (secondary N) is 2. The Balaban J connectivity index is 1.68. The van der Waals surface area contributed by atoms with Gasteiger partial charge in [0.2, 0.25) is 0 Å². The van der Waals surface area contributed by atoms with Crippen LogP contribution in [-0.4, -0.2) is 28.7 Å². The third-order valence-electron chi connectivity index (χ3n) is 4.16. The summed E-state index contributed by atoms with van der Waals surface area (Å²) in [5.74, 6) is -2.46. The van der Waals surface area contributed by atoms with Crippen LogP contribution in [0.25, 0.3) is 5.70 Å². The quantitative estimate of drug-likeness (QED) is 0.830. The molecule has 0 unspecified atom stereocenters. The van der Waals surface area contributed by atoms with Gasteiger partial charge in [-0.05, 0) is 25.1 Å². The molecule has 0 aliphatic carbocycles. The standard InChI is InChI=1S/C19H16FN3O3/c1-11-13-7-3-4-8-14(13)19(26)23(11)12(2)17(24)21-22-18(25)15-9-5-6-10-16(15)20/h3-10,12H,1H2,2H3,(H,21,24)(H,22,25)/t12-/m0/s1. The monoisotopic (exact) mass is 353 g/mol. The Bertz CT molecular complexity index is 891. The van der Waals surface area contributed by atoms with Gasteiger partial charge in [0, 0.05) is 16.8 Å². The van der Waals surface area contributed by atoms with Gasteiger partial charge in [0.1, 0.15) is 11.9 Å². The van der Waals surface area contributed by atoms with E-state index >= 15 is 0 Å². The zero-order chi connectivity index (χ0) is 18.8. The van der Waals surface area contributed by atoms with E-state index in [1.807, 2.05) is 0 Å². The summed E-state index contributed by atoms with van der Waals surface area (Å²) in [6.07, 6.45) is 0. The second-order valence-corrected chi connectivity index (χ2v) is 5.77. The predicted octanol–water partition coefficient (Wildman–Crippen LogP) is 2.10. The van der Waals surface area contributed by atoms with Crippen LogP contribution in [0.1, 0.15) is 33.2 Å². The number of hydrazine groups is 1. The lowest BCUT2D eigenvalue weighted by Crippen LogP contribution is -2.51. The number of rotatable bonds is 3. The van der Waals surface area contributed by atoms with E-state index in [9.17, 15) is 18.8 Å². The Labute approximate surface area is 149 Å². The lowest BCUT2D eigenvalue weighted by molar-refractivity contribution is -0.125. The van der Waals surface area contributed by atoms with Gasteiger partial charge < -0.3 is 0 Å². The molecule has 1 aliphatic heterocycles. The average molecular weight is 353 g/mol. The molecule has 3 rings (SSSR count). The third kappa shape index (κ3) is 2.95. The summed E-state index contributed by atoms with van der Waals surface area (Å²) in [5, 5.41) is 0. The number of nitrogens with zero attached hydrogens (tertiary/aromatic N) is 1. The number of hydrogen-bond acceptors (Lipinski definition) is 3. The summed E-state index contributed by atoms with van der Waals surface area (Å²) in [5.41, 5.74) is 5.70. The molecule has 7 heteroatoms. The van der Waals surface area contributed by atoms with Crippen LogP contribution in [0.3, 0.4) is 0 Å². The van der Waals surface area contributed by atoms with Gasteiger partial charge in [-0.2, -0.15) is 0 Å². The maximum Gasteiger partial charge on any atom is 0.272 e. The topological polar surface area (TPSA) is 78.5 Å². The molecule has 26 heavy (non-hydrogen) atoms. The Morgan fingerprint density at radius 3 is 2.31 bits per heavy atom. The lowest BCUT2D eigenvalue weighted by atomic mass is 10.1. The molecule has 0 spiro atoms. The van der Waals surface area contributed by atoms with Crippen LogP contribution in [0.5, 0.6) is 0 Å². The molecule has 3 amide bonds. The summed E-state index contributed by atoms with van der Waals surface area (Å²) in [4.78, 5) is 38.1. The number of benzene rings is 2. The first-order valence-corrected chi connectivity index (χ1v) is 7.88. The van der Waals surface area contributed by atoms with E-state index in [-0.39, 0.29) is 11.5 Å². The lowest BCUT2D eigenvalue weighted by Gasteiger charge is -2.24. The molecule has 6 nitrogen and oxygen atoms in total. The first-order chi connectivity index (χ1) is 12.4. The van der Waals surface area contributed by atoms with Crippen LogP contribution in [0.2, 0.25) is 0 Å². The molecule has 1 atom stereocenters. The molecule has 2 aromatic carbocycles. The Morgan fingerprint density at radius 1 is 1.04 bits per heavy atom. The van der Waals surface area contributed by atoms with Gasteiger partial charge in [-0.1, -0.05) is 36.9 Å². The fourth-order valence-electron chi connectivity index (χ4n) is 2.77. The van der Waals surface area contributed by atoms with E-state index in [4.69, 9.17) is 0 Å². The second-order valence-electron chi connectivity index (χ2n) is 5.77. The Hall–Kier alpha value is -3.48. The molecule has 0 bridgehead atoms. The smallest absolute Gasteiger partial charge is 0.272 e. The fraction of sp³-hybridized carbons (Fsp3) is 0.105. The Morgan fingerprint density at radius 2 is 1.65 bits per heavy atom. The summed E-state index contributed by atoms with van der Waals surface area (Å²) in [6.45, 7) is 5.39. The van der Waals surface area contributed by atoms with E-state index in [1.165, 1.54) is 30.0 Å². The number of carbonyl (C=O) groups excluding carboxylic acids is 3. The third-order valence-corrected chi connectivity index (χ3v) is 4.16. The highest BCUT2D eigenvalue weighted by atomic mass is 19.1. The summed E-state index contributed by atoms with van der Waals surface area (Å²) < 4.78 is 13.6. The molecule has 1 heterocycles. The number of amides is 3. The fourth-order valence-corrected chi connectivity index (χ4v) is 2.77. The van der Waals surface area contributed by atoms with Gasteiger partial charge in [-0.15, -0.1) is 0 Å². The minimum atomic E-state index is -0.914. The Kier molecular flexibility index (Phi) is 4.53. The second kappa shape index (κ2) is 6.79. The van der Waals surface area contributed by atoms with Gasteiger partial charge in [0.15, 0.2) is 0 Å². The molecular formula is C19H16FN3O3. The van der Waals surface area contributed by atoms with Gasteiger partial charge in [0.25, 0.3) is 17.7 Å². The highest BCUT2D eigenvalue weighted by molar-refractivity contribution is 6.11. The molecule has 1 aliphatic rings. The highest BCUT2D eigenvalue weighted by Crippen LogP contribution is 2.32. The largest absolute Gasteiger partial charge is 0.296 e. The summed E-state index contributed by atoms with van der Waals surface area (Å²) in [7, 11) is 0. The van der Waals surface area contributed by atoms with Crippen molar-refractivity contribution in [2.24, 2.45) is 0 Å². The van der Waals surface area contributed by atoms with E-state index in [2.05, 4.69) is 17.4 Å². The van der Waals surface area contributed by atoms with E-state index in [1.54, 1.807) is 24.3 Å². The maximum atomic E-state index is 13.6. The van der Waals surface area contributed by atoms with E-state index < -0.39 is 23.7 Å². The van der Waals surface area contributed by atoms with Crippen molar-refractivity contribution in [2.75, 3.05) is 0 Å². The minimum absolute atomic E-state index is 0.200. The van der Waals surface area contributed by atoms with Gasteiger partial charge >= 0.3 is 0 Å². The van der Waals surface area contributed by atoms with Crippen molar-refractivity contribution in [2.45, 2.75) is 13.0 Å². The first-order valence-electron chi connectivity index (χ1n) is 7.88. The molecule has 0 radical (unpaired) electrons. The number of carbonyl (C=O) groups is 3. The van der Waals surface area contributed by atoms with E-state index in [0.717, 1.165) is 6.07 Å². The van der Waals surface area contributed by atoms with E-state index in [0.29, 0.717) is 16.8 Å². The summed E-state index contributed by atoms with van der Waals surface area (Å²) in [6, 6.07) is 11.4. The van der Waals surface area contributed by atoms with Crippen molar-refractivity contribution < 1.29 is 18.8 Å². The minimum Gasteiger partial charge on any atom is -0.296 e. The van der Waals surface area contributed by atoms with Crippen molar-refractivity contribution in [1.82, 2.24) is 15.8 Å². The predicted molar refractivity (Wildman–Crippen MR) is 93.1 cm³/mol. The van der Waals surface area contributed by atoms with Crippen LogP contribution in [0.15, 0.2) is 55.1 Å². The van der Waals surface area contributed by atoms with Crippen LogP contribution in [-0.2, 0) is 4.79 Å². The van der Waals surface area contributed by atoms with Crippen LogP contribution < -0.4 is 10.9 Å². The number of hydrogen-bond donors (Lipinski definition) is 2. The maximum absolute atomic E-state index is 13.6. The van der Waals surface area contributed by atoms with Gasteiger partial charge in [0.05, 0.1) is 5.56 Å². The molecule has 0 saturated heterocycles. The molecule has 2 N–H and O–H groups in total. The zero-order valence-corrected chi connectivity index (χ0v) is 14.0. The number of halogens is 1. The van der Waals surface area contributed by atoms with Crippen molar-refractivity contribution >= 4 is 23.4 Å². The molecule has 0 fully saturated rings. The highest BCUT2D eigenvalue weighted by Gasteiger charge is 2.36. The molecule has 132 valence electrons. The first kappa shape index (κ1) is 17.3.